The Morgan fingerprint density at radius 1 is 1.11 bits per heavy atom. The number of aliphatic hydroxyl groups excluding tert-OH is 1. The van der Waals surface area contributed by atoms with Gasteiger partial charge in [0.05, 0.1) is 13.0 Å². The Morgan fingerprint density at radius 2 is 1.74 bits per heavy atom. The average molecular weight is 388 g/mol. The first-order chi connectivity index (χ1) is 12.6. The molecule has 0 spiro atoms. The topological polar surface area (TPSA) is 244 Å². The van der Waals surface area contributed by atoms with Gasteiger partial charge in [-0.25, -0.2) is 9.59 Å². The van der Waals surface area contributed by atoms with Crippen LogP contribution in [-0.4, -0.2) is 62.0 Å². The van der Waals surface area contributed by atoms with E-state index < -0.39 is 61.5 Å². The van der Waals surface area contributed by atoms with E-state index in [1.807, 2.05) is 0 Å². The second-order valence-electron chi connectivity index (χ2n) is 5.43. The monoisotopic (exact) mass is 388 g/mol. The van der Waals surface area contributed by atoms with Gasteiger partial charge in [0.1, 0.15) is 18.1 Å². The molecule has 0 saturated heterocycles. The molecule has 0 aromatic carbocycles. The van der Waals surface area contributed by atoms with Crippen molar-refractivity contribution in [2.24, 2.45) is 11.5 Å². The largest absolute Gasteiger partial charge is 0.481 e. The van der Waals surface area contributed by atoms with Gasteiger partial charge >= 0.3 is 18.0 Å². The molecule has 0 unspecified atom stereocenters. The molecular weight excluding hydrogens is 368 g/mol. The van der Waals surface area contributed by atoms with E-state index in [0.29, 0.717) is 0 Å². The van der Waals surface area contributed by atoms with Crippen molar-refractivity contribution in [2.75, 3.05) is 6.61 Å². The van der Waals surface area contributed by atoms with Crippen LogP contribution in [0.3, 0.4) is 0 Å². The smallest absolute Gasteiger partial charge is 0.326 e. The van der Waals surface area contributed by atoms with E-state index in [9.17, 15) is 19.2 Å². The Labute approximate surface area is 151 Å². The summed E-state index contributed by atoms with van der Waals surface area (Å²) in [5.41, 5.74) is 10.6. The first kappa shape index (κ1) is 21.8. The second kappa shape index (κ2) is 10.0. The van der Waals surface area contributed by atoms with Gasteiger partial charge in [0.15, 0.2) is 0 Å². The molecule has 0 aliphatic carbocycles. The molecule has 0 radical (unpaired) electrons. The minimum Gasteiger partial charge on any atom is -0.481 e. The summed E-state index contributed by atoms with van der Waals surface area (Å²) in [6, 6.07) is -4.66. The lowest BCUT2D eigenvalue weighted by atomic mass is 10.1. The number of hydrogen-bond donors (Lipinski definition) is 7. The predicted molar refractivity (Wildman–Crippen MR) is 84.8 cm³/mol. The van der Waals surface area contributed by atoms with E-state index in [0.717, 1.165) is 0 Å². The molecule has 0 aliphatic rings. The molecule has 27 heavy (non-hydrogen) atoms. The fraction of sp³-hybridized carbons (Fsp3) is 0.538. The van der Waals surface area contributed by atoms with Crippen LogP contribution in [0.2, 0.25) is 0 Å². The maximum absolute atomic E-state index is 12.0. The Bertz CT molecular complexity index is 692. The number of urea groups is 1. The number of carboxylic acids is 2. The number of carboxylic acid groups (broad SMARTS) is 2. The third-order valence-electron chi connectivity index (χ3n) is 3.23. The van der Waals surface area contributed by atoms with E-state index in [1.165, 1.54) is 0 Å². The van der Waals surface area contributed by atoms with Crippen molar-refractivity contribution < 1.29 is 38.9 Å². The quantitative estimate of drug-likeness (QED) is 0.210. The number of carbonyl (C=O) groups is 4. The number of hydrogen-bond acceptors (Lipinski definition) is 9. The molecule has 3 atom stereocenters. The Balaban J connectivity index is 2.84. The number of amides is 3. The van der Waals surface area contributed by atoms with Crippen molar-refractivity contribution >= 4 is 23.9 Å². The molecule has 1 aromatic heterocycles. The number of rotatable bonds is 11. The minimum atomic E-state index is -1.48. The summed E-state index contributed by atoms with van der Waals surface area (Å²) < 4.78 is 5.18. The van der Waals surface area contributed by atoms with Crippen LogP contribution in [0.25, 0.3) is 0 Å². The van der Waals surface area contributed by atoms with Crippen LogP contribution in [0, 0.1) is 0 Å². The summed E-state index contributed by atoms with van der Waals surface area (Å²) in [4.78, 5) is 44.9. The van der Waals surface area contributed by atoms with Crippen molar-refractivity contribution in [1.82, 2.24) is 20.8 Å². The Hall–Kier alpha value is -3.26. The Morgan fingerprint density at radius 3 is 2.26 bits per heavy atom. The third-order valence-corrected chi connectivity index (χ3v) is 3.23. The molecule has 150 valence electrons. The zero-order valence-electron chi connectivity index (χ0n) is 14.0. The lowest BCUT2D eigenvalue weighted by Crippen LogP contribution is -2.47. The predicted octanol–water partition coefficient (Wildman–Crippen LogP) is -2.40. The zero-order valence-corrected chi connectivity index (χ0v) is 14.0. The molecule has 9 N–H and O–H groups in total. The van der Waals surface area contributed by atoms with E-state index in [-0.39, 0.29) is 18.2 Å². The van der Waals surface area contributed by atoms with Gasteiger partial charge < -0.3 is 41.8 Å². The highest BCUT2D eigenvalue weighted by atomic mass is 16.4. The van der Waals surface area contributed by atoms with Crippen LogP contribution >= 0.6 is 0 Å². The minimum absolute atomic E-state index is 0.144. The standard InChI is InChI=1S/C13H20N6O8/c14-5(4-20)10-18-19-11(27-10)7(3-8(15)21)17-13(26)16-6(12(24)25)1-2-9(22)23/h5-7,20H,1-4,14H2,(H2,15,21)(H,22,23)(H,24,25)(H2,16,17,26)/t5-,6-,7-/m0/s1. The molecule has 3 amide bonds. The number of nitrogens with one attached hydrogen (secondary N) is 2. The van der Waals surface area contributed by atoms with Crippen molar-refractivity contribution in [3.8, 4) is 0 Å². The number of nitrogens with two attached hydrogens (primary N) is 2. The Kier molecular flexibility index (Phi) is 8.09. The van der Waals surface area contributed by atoms with Gasteiger partial charge in [-0.2, -0.15) is 0 Å². The second-order valence-corrected chi connectivity index (χ2v) is 5.43. The van der Waals surface area contributed by atoms with E-state index in [1.54, 1.807) is 0 Å². The SMILES string of the molecule is NC(=O)C[C@H](NC(=O)N[C@@H](CCC(=O)O)C(=O)O)c1nnc([C@@H](N)CO)o1. The molecule has 0 saturated carbocycles. The van der Waals surface area contributed by atoms with Gasteiger partial charge in [0.2, 0.25) is 17.7 Å². The molecule has 1 aromatic rings. The number of aliphatic carboxylic acids is 2. The number of aliphatic hydroxyl groups is 1. The third kappa shape index (κ3) is 7.25. The lowest BCUT2D eigenvalue weighted by Gasteiger charge is -2.18. The summed E-state index contributed by atoms with van der Waals surface area (Å²) in [7, 11) is 0. The van der Waals surface area contributed by atoms with Crippen LogP contribution in [-0.2, 0) is 14.4 Å². The fourth-order valence-electron chi connectivity index (χ4n) is 1.90. The highest BCUT2D eigenvalue weighted by molar-refractivity contribution is 5.83. The highest BCUT2D eigenvalue weighted by Crippen LogP contribution is 2.17. The van der Waals surface area contributed by atoms with E-state index in [4.69, 9.17) is 31.2 Å². The first-order valence-electron chi connectivity index (χ1n) is 7.63. The van der Waals surface area contributed by atoms with Crippen molar-refractivity contribution in [2.45, 2.75) is 37.4 Å². The highest BCUT2D eigenvalue weighted by Gasteiger charge is 2.27. The van der Waals surface area contributed by atoms with Crippen molar-refractivity contribution in [3.63, 3.8) is 0 Å². The van der Waals surface area contributed by atoms with Crippen LogP contribution in [0.1, 0.15) is 43.1 Å². The maximum Gasteiger partial charge on any atom is 0.326 e. The molecular formula is C13H20N6O8. The van der Waals surface area contributed by atoms with Gasteiger partial charge in [-0.05, 0) is 6.42 Å². The number of aromatic nitrogens is 2. The number of primary amides is 1. The average Bonchev–Trinajstić information content (AvgIpc) is 3.06. The zero-order chi connectivity index (χ0) is 20.6. The van der Waals surface area contributed by atoms with Crippen LogP contribution in [0.15, 0.2) is 4.42 Å². The van der Waals surface area contributed by atoms with Crippen LogP contribution in [0.5, 0.6) is 0 Å². The number of nitrogens with zero attached hydrogens (tertiary/aromatic N) is 2. The molecule has 14 heteroatoms. The summed E-state index contributed by atoms with van der Waals surface area (Å²) in [5.74, 6) is -3.87. The van der Waals surface area contributed by atoms with Gasteiger partial charge in [0.25, 0.3) is 0 Å². The fourth-order valence-corrected chi connectivity index (χ4v) is 1.90. The summed E-state index contributed by atoms with van der Waals surface area (Å²) in [6.07, 6.45) is -1.28. The first-order valence-corrected chi connectivity index (χ1v) is 7.63. The lowest BCUT2D eigenvalue weighted by molar-refractivity contribution is -0.140. The summed E-state index contributed by atoms with van der Waals surface area (Å²) >= 11 is 0. The van der Waals surface area contributed by atoms with Crippen LogP contribution < -0.4 is 22.1 Å². The van der Waals surface area contributed by atoms with Gasteiger partial charge in [-0.15, -0.1) is 10.2 Å². The maximum atomic E-state index is 12.0. The molecule has 1 rings (SSSR count). The van der Waals surface area contributed by atoms with Gasteiger partial charge in [-0.3, -0.25) is 9.59 Å². The van der Waals surface area contributed by atoms with Gasteiger partial charge in [-0.1, -0.05) is 0 Å². The molecule has 0 bridgehead atoms. The number of carbonyl (C=O) groups excluding carboxylic acids is 2. The summed E-state index contributed by atoms with van der Waals surface area (Å²) in [5, 5.41) is 38.1. The van der Waals surface area contributed by atoms with E-state index >= 15 is 0 Å². The van der Waals surface area contributed by atoms with Crippen molar-refractivity contribution in [1.29, 1.82) is 0 Å². The molecule has 0 fully saturated rings. The summed E-state index contributed by atoms with van der Waals surface area (Å²) in [6.45, 7) is -0.486. The van der Waals surface area contributed by atoms with Crippen molar-refractivity contribution in [3.05, 3.63) is 11.8 Å². The molecule has 1 heterocycles. The van der Waals surface area contributed by atoms with Gasteiger partial charge in [0, 0.05) is 6.42 Å². The van der Waals surface area contributed by atoms with E-state index in [2.05, 4.69) is 20.8 Å². The molecule has 0 aliphatic heterocycles. The van der Waals surface area contributed by atoms with Crippen LogP contribution in [0.4, 0.5) is 4.79 Å². The molecule has 14 nitrogen and oxygen atoms in total. The normalized spacial score (nSPS) is 14.0.